The van der Waals surface area contributed by atoms with Gasteiger partial charge in [-0.15, -0.1) is 0 Å². The smallest absolute Gasteiger partial charge is 0.336 e. The lowest BCUT2D eigenvalue weighted by molar-refractivity contribution is 0.0651. The summed E-state index contributed by atoms with van der Waals surface area (Å²) in [5, 5.41) is 49.4. The molecule has 0 aromatic heterocycles. The summed E-state index contributed by atoms with van der Waals surface area (Å²) in [6.07, 6.45) is 2.88. The number of hydrogen-bond donors (Lipinski definition) is 6. The van der Waals surface area contributed by atoms with E-state index in [1.807, 2.05) is 0 Å². The average molecular weight is 346 g/mol. The van der Waals surface area contributed by atoms with Crippen molar-refractivity contribution in [1.82, 2.24) is 0 Å². The number of benzene rings is 1. The fraction of sp³-hybridized carbons (Fsp3) is 0.500. The third-order valence-electron chi connectivity index (χ3n) is 2.52. The standard InChI is InChI=1S/C8H6O4.2C4H10O2/c9-7(10)5-3-1-2-4-6(5)8(11)12;2*5-3-1-2-4-6/h1-4H,(H,9,10)(H,11,12);2*5-6H,1-4H2. The highest BCUT2D eigenvalue weighted by Gasteiger charge is 2.13. The lowest BCUT2D eigenvalue weighted by Crippen LogP contribution is -2.06. The minimum Gasteiger partial charge on any atom is -0.478 e. The zero-order valence-electron chi connectivity index (χ0n) is 13.5. The predicted octanol–water partition coefficient (Wildman–Crippen LogP) is 0.585. The van der Waals surface area contributed by atoms with Gasteiger partial charge < -0.3 is 30.6 Å². The van der Waals surface area contributed by atoms with Crippen LogP contribution in [0.3, 0.4) is 0 Å². The Balaban J connectivity index is 0. The van der Waals surface area contributed by atoms with Gasteiger partial charge in [-0.2, -0.15) is 0 Å². The molecule has 0 radical (unpaired) electrons. The second-order valence-electron chi connectivity index (χ2n) is 4.46. The maximum Gasteiger partial charge on any atom is 0.336 e. The van der Waals surface area contributed by atoms with Gasteiger partial charge in [0.15, 0.2) is 0 Å². The zero-order valence-corrected chi connectivity index (χ0v) is 13.5. The van der Waals surface area contributed by atoms with Gasteiger partial charge in [-0.3, -0.25) is 0 Å². The monoisotopic (exact) mass is 346 g/mol. The molecular weight excluding hydrogens is 320 g/mol. The van der Waals surface area contributed by atoms with E-state index in [0.29, 0.717) is 0 Å². The first-order chi connectivity index (χ1) is 11.5. The summed E-state index contributed by atoms with van der Waals surface area (Å²) in [6.45, 7) is 0.780. The molecule has 0 heterocycles. The van der Waals surface area contributed by atoms with Crippen LogP contribution < -0.4 is 0 Å². The van der Waals surface area contributed by atoms with Crippen molar-refractivity contribution in [1.29, 1.82) is 0 Å². The van der Waals surface area contributed by atoms with Gasteiger partial charge >= 0.3 is 11.9 Å². The molecule has 0 aliphatic heterocycles. The van der Waals surface area contributed by atoms with E-state index in [-0.39, 0.29) is 37.6 Å². The lowest BCUT2D eigenvalue weighted by atomic mass is 10.1. The lowest BCUT2D eigenvalue weighted by Gasteiger charge is -1.98. The molecular formula is C16H26O8. The van der Waals surface area contributed by atoms with Crippen molar-refractivity contribution in [2.75, 3.05) is 26.4 Å². The van der Waals surface area contributed by atoms with Crippen LogP contribution >= 0.6 is 0 Å². The highest BCUT2D eigenvalue weighted by molar-refractivity contribution is 6.01. The Kier molecular flexibility index (Phi) is 17.5. The molecule has 0 spiro atoms. The number of unbranched alkanes of at least 4 members (excludes halogenated alkanes) is 2. The number of carboxylic acid groups (broad SMARTS) is 2. The van der Waals surface area contributed by atoms with Gasteiger partial charge in [0.2, 0.25) is 0 Å². The van der Waals surface area contributed by atoms with Crippen LogP contribution in [0.1, 0.15) is 46.4 Å². The molecule has 0 bridgehead atoms. The van der Waals surface area contributed by atoms with Gasteiger partial charge in [0.05, 0.1) is 11.1 Å². The highest BCUT2D eigenvalue weighted by Crippen LogP contribution is 2.07. The Morgan fingerprint density at radius 3 is 1.04 bits per heavy atom. The Labute approximate surface area is 140 Å². The number of aliphatic hydroxyl groups excluding tert-OH is 4. The van der Waals surface area contributed by atoms with E-state index < -0.39 is 11.9 Å². The van der Waals surface area contributed by atoms with Crippen LogP contribution in [0, 0.1) is 0 Å². The van der Waals surface area contributed by atoms with E-state index in [1.54, 1.807) is 0 Å². The summed E-state index contributed by atoms with van der Waals surface area (Å²) >= 11 is 0. The summed E-state index contributed by atoms with van der Waals surface area (Å²) in [7, 11) is 0. The van der Waals surface area contributed by atoms with E-state index in [1.165, 1.54) is 24.3 Å². The van der Waals surface area contributed by atoms with Crippen molar-refractivity contribution < 1.29 is 40.2 Å². The van der Waals surface area contributed by atoms with Crippen LogP contribution in [0.25, 0.3) is 0 Å². The minimum absolute atomic E-state index is 0.190. The van der Waals surface area contributed by atoms with E-state index >= 15 is 0 Å². The summed E-state index contributed by atoms with van der Waals surface area (Å²) in [5.74, 6) is -2.46. The second kappa shape index (κ2) is 17.4. The Morgan fingerprint density at radius 1 is 0.625 bits per heavy atom. The van der Waals surface area contributed by atoms with Gasteiger partial charge in [0.1, 0.15) is 0 Å². The largest absolute Gasteiger partial charge is 0.478 e. The van der Waals surface area contributed by atoms with Crippen molar-refractivity contribution in [3.05, 3.63) is 35.4 Å². The van der Waals surface area contributed by atoms with Crippen LogP contribution in [-0.2, 0) is 0 Å². The molecule has 1 aromatic carbocycles. The summed E-state index contributed by atoms with van der Waals surface area (Å²) in [6, 6.07) is 5.48. The number of carboxylic acids is 2. The van der Waals surface area contributed by atoms with Crippen molar-refractivity contribution >= 4 is 11.9 Å². The Hall–Kier alpha value is -2.00. The third kappa shape index (κ3) is 13.6. The maximum atomic E-state index is 10.5. The quantitative estimate of drug-likeness (QED) is 0.373. The molecule has 1 rings (SSSR count). The first-order valence-corrected chi connectivity index (χ1v) is 7.45. The zero-order chi connectivity index (χ0) is 18.8. The van der Waals surface area contributed by atoms with E-state index in [0.717, 1.165) is 25.7 Å². The minimum atomic E-state index is -1.23. The van der Waals surface area contributed by atoms with Gasteiger partial charge in [-0.25, -0.2) is 9.59 Å². The molecule has 8 heteroatoms. The molecule has 8 nitrogen and oxygen atoms in total. The van der Waals surface area contributed by atoms with E-state index in [4.69, 9.17) is 30.6 Å². The van der Waals surface area contributed by atoms with Crippen LogP contribution in [-0.4, -0.2) is 69.0 Å². The fourth-order valence-electron chi connectivity index (χ4n) is 1.30. The van der Waals surface area contributed by atoms with Crippen LogP contribution in [0.15, 0.2) is 24.3 Å². The second-order valence-corrected chi connectivity index (χ2v) is 4.46. The average Bonchev–Trinajstić information content (AvgIpc) is 2.59. The normalized spacial score (nSPS) is 9.17. The molecule has 0 aliphatic rings. The number of aromatic carboxylic acids is 2. The SMILES string of the molecule is O=C(O)c1ccccc1C(=O)O.OCCCCO.OCCCCO. The van der Waals surface area contributed by atoms with Crippen molar-refractivity contribution in [2.45, 2.75) is 25.7 Å². The molecule has 6 N–H and O–H groups in total. The molecule has 0 saturated heterocycles. The van der Waals surface area contributed by atoms with Crippen LogP contribution in [0.5, 0.6) is 0 Å². The van der Waals surface area contributed by atoms with E-state index in [9.17, 15) is 9.59 Å². The first-order valence-electron chi connectivity index (χ1n) is 7.45. The molecule has 0 saturated carbocycles. The van der Waals surface area contributed by atoms with Crippen molar-refractivity contribution in [3.63, 3.8) is 0 Å². The molecule has 24 heavy (non-hydrogen) atoms. The number of carbonyl (C=O) groups is 2. The number of aliphatic hydroxyl groups is 4. The fourth-order valence-corrected chi connectivity index (χ4v) is 1.30. The van der Waals surface area contributed by atoms with Crippen molar-refractivity contribution in [2.24, 2.45) is 0 Å². The van der Waals surface area contributed by atoms with Gasteiger partial charge in [0, 0.05) is 26.4 Å². The first kappa shape index (κ1) is 24.3. The predicted molar refractivity (Wildman–Crippen MR) is 87.2 cm³/mol. The topological polar surface area (TPSA) is 156 Å². The van der Waals surface area contributed by atoms with Crippen LogP contribution in [0.2, 0.25) is 0 Å². The summed E-state index contributed by atoms with van der Waals surface area (Å²) in [4.78, 5) is 20.9. The summed E-state index contributed by atoms with van der Waals surface area (Å²) in [5.41, 5.74) is -0.380. The summed E-state index contributed by atoms with van der Waals surface area (Å²) < 4.78 is 0. The van der Waals surface area contributed by atoms with E-state index in [2.05, 4.69) is 0 Å². The van der Waals surface area contributed by atoms with Gasteiger partial charge in [-0.1, -0.05) is 12.1 Å². The molecule has 0 unspecified atom stereocenters. The Morgan fingerprint density at radius 2 is 0.875 bits per heavy atom. The molecule has 1 aromatic rings. The molecule has 138 valence electrons. The molecule has 0 aliphatic carbocycles. The third-order valence-corrected chi connectivity index (χ3v) is 2.52. The van der Waals surface area contributed by atoms with Gasteiger partial charge in [-0.05, 0) is 37.8 Å². The van der Waals surface area contributed by atoms with Crippen LogP contribution in [0.4, 0.5) is 0 Å². The van der Waals surface area contributed by atoms with Crippen molar-refractivity contribution in [3.8, 4) is 0 Å². The highest BCUT2D eigenvalue weighted by atomic mass is 16.4. The maximum absolute atomic E-state index is 10.5. The Bertz CT molecular complexity index is 398. The van der Waals surface area contributed by atoms with Gasteiger partial charge in [0.25, 0.3) is 0 Å². The number of rotatable bonds is 8. The molecule has 0 atom stereocenters. The molecule has 0 amide bonds. The number of hydrogen-bond acceptors (Lipinski definition) is 6. The molecule has 0 fully saturated rings.